The molecule has 1 amide bonds. The number of aromatic amines is 1. The number of ether oxygens (including phenoxy) is 1. The van der Waals surface area contributed by atoms with Gasteiger partial charge in [-0.05, 0) is 34.5 Å². The molecule has 2 atom stereocenters. The number of tetrazole rings is 1. The Bertz CT molecular complexity index is 1130. The highest BCUT2D eigenvalue weighted by molar-refractivity contribution is 5.97. The third kappa shape index (κ3) is 3.34. The molecular formula is C19H18N8O2. The van der Waals surface area contributed by atoms with E-state index in [0.29, 0.717) is 24.6 Å². The zero-order valence-corrected chi connectivity index (χ0v) is 15.4. The standard InChI is InChI=1S/C19H18N8O2/c28-19(15-8-21-24-18(15)27-11-22-25-26-27)23-17-10-29-9-13(17)7-12-5-6-20-16-4-2-1-3-14(12)16/h1-6,8,11,13,17H,7,9-10H2,(H,21,24)(H,23,28)/t13-,17-/m1/s1. The van der Waals surface area contributed by atoms with Crippen molar-refractivity contribution < 1.29 is 9.53 Å². The van der Waals surface area contributed by atoms with E-state index in [0.717, 1.165) is 17.3 Å². The van der Waals surface area contributed by atoms with Gasteiger partial charge >= 0.3 is 0 Å². The lowest BCUT2D eigenvalue weighted by molar-refractivity contribution is 0.0925. The van der Waals surface area contributed by atoms with Crippen molar-refractivity contribution in [3.8, 4) is 5.82 Å². The molecule has 0 aliphatic carbocycles. The monoisotopic (exact) mass is 390 g/mol. The molecule has 29 heavy (non-hydrogen) atoms. The zero-order chi connectivity index (χ0) is 19.6. The summed E-state index contributed by atoms with van der Waals surface area (Å²) in [5, 5.41) is 21.9. The first-order chi connectivity index (χ1) is 14.3. The molecule has 2 N–H and O–H groups in total. The Balaban J connectivity index is 1.34. The van der Waals surface area contributed by atoms with Crippen molar-refractivity contribution in [2.75, 3.05) is 13.2 Å². The minimum Gasteiger partial charge on any atom is -0.379 e. The van der Waals surface area contributed by atoms with E-state index in [9.17, 15) is 4.79 Å². The van der Waals surface area contributed by atoms with Crippen LogP contribution in [-0.2, 0) is 11.2 Å². The third-order valence-corrected chi connectivity index (χ3v) is 5.18. The summed E-state index contributed by atoms with van der Waals surface area (Å²) in [7, 11) is 0. The fourth-order valence-corrected chi connectivity index (χ4v) is 3.70. The number of carbonyl (C=O) groups is 1. The van der Waals surface area contributed by atoms with Crippen molar-refractivity contribution in [1.29, 1.82) is 0 Å². The maximum atomic E-state index is 12.9. The normalized spacial score (nSPS) is 18.9. The highest BCUT2D eigenvalue weighted by atomic mass is 16.5. The average Bonchev–Trinajstić information content (AvgIpc) is 3.50. The molecule has 1 saturated heterocycles. The van der Waals surface area contributed by atoms with E-state index in [1.54, 1.807) is 0 Å². The summed E-state index contributed by atoms with van der Waals surface area (Å²) in [6, 6.07) is 10.00. The molecule has 0 bridgehead atoms. The van der Waals surface area contributed by atoms with E-state index in [1.165, 1.54) is 22.8 Å². The molecule has 10 nitrogen and oxygen atoms in total. The molecule has 10 heteroatoms. The van der Waals surface area contributed by atoms with Crippen LogP contribution in [0, 0.1) is 5.92 Å². The fourth-order valence-electron chi connectivity index (χ4n) is 3.70. The number of nitrogens with zero attached hydrogens (tertiary/aromatic N) is 6. The van der Waals surface area contributed by atoms with Crippen molar-refractivity contribution in [2.24, 2.45) is 5.92 Å². The number of nitrogens with one attached hydrogen (secondary N) is 2. The van der Waals surface area contributed by atoms with E-state index in [-0.39, 0.29) is 17.9 Å². The number of hydrogen-bond donors (Lipinski definition) is 2. The fraction of sp³-hybridized carbons (Fsp3) is 0.263. The molecule has 4 aromatic rings. The van der Waals surface area contributed by atoms with Crippen molar-refractivity contribution in [2.45, 2.75) is 12.5 Å². The summed E-state index contributed by atoms with van der Waals surface area (Å²) >= 11 is 0. The smallest absolute Gasteiger partial charge is 0.257 e. The molecule has 0 unspecified atom stereocenters. The third-order valence-electron chi connectivity index (χ3n) is 5.18. The predicted molar refractivity (Wildman–Crippen MR) is 102 cm³/mol. The van der Waals surface area contributed by atoms with Gasteiger partial charge in [0.25, 0.3) is 5.91 Å². The molecule has 0 radical (unpaired) electrons. The number of amides is 1. The topological polar surface area (TPSA) is 124 Å². The van der Waals surface area contributed by atoms with Gasteiger partial charge in [-0.15, -0.1) is 5.10 Å². The van der Waals surface area contributed by atoms with Gasteiger partial charge in [0.1, 0.15) is 11.9 Å². The lowest BCUT2D eigenvalue weighted by atomic mass is 9.93. The SMILES string of the molecule is O=C(N[C@@H]1COC[C@H]1Cc1ccnc2ccccc12)c1cn[nH]c1-n1cnnn1. The summed E-state index contributed by atoms with van der Waals surface area (Å²) in [5.74, 6) is 0.334. The summed E-state index contributed by atoms with van der Waals surface area (Å²) in [5.41, 5.74) is 2.54. The summed E-state index contributed by atoms with van der Waals surface area (Å²) in [6.07, 6.45) is 5.48. The zero-order valence-electron chi connectivity index (χ0n) is 15.4. The predicted octanol–water partition coefficient (Wildman–Crippen LogP) is 0.921. The summed E-state index contributed by atoms with van der Waals surface area (Å²) < 4.78 is 7.05. The van der Waals surface area contributed by atoms with E-state index < -0.39 is 0 Å². The van der Waals surface area contributed by atoms with Crippen LogP contribution in [0.2, 0.25) is 0 Å². The second-order valence-corrected chi connectivity index (χ2v) is 6.96. The number of aromatic nitrogens is 7. The van der Waals surface area contributed by atoms with Crippen molar-refractivity contribution in [3.05, 3.63) is 60.2 Å². The number of fused-ring (bicyclic) bond motifs is 1. The first kappa shape index (κ1) is 17.4. The maximum absolute atomic E-state index is 12.9. The maximum Gasteiger partial charge on any atom is 0.257 e. The van der Waals surface area contributed by atoms with Gasteiger partial charge in [-0.2, -0.15) is 9.78 Å². The molecule has 1 aliphatic rings. The molecular weight excluding hydrogens is 372 g/mol. The van der Waals surface area contributed by atoms with Crippen LogP contribution in [0.1, 0.15) is 15.9 Å². The van der Waals surface area contributed by atoms with Gasteiger partial charge in [0.15, 0.2) is 5.82 Å². The molecule has 5 rings (SSSR count). The second kappa shape index (κ2) is 7.40. The van der Waals surface area contributed by atoms with Gasteiger partial charge in [0, 0.05) is 17.5 Å². The minimum absolute atomic E-state index is 0.106. The van der Waals surface area contributed by atoms with Crippen LogP contribution in [-0.4, -0.2) is 60.6 Å². The highest BCUT2D eigenvalue weighted by Gasteiger charge is 2.31. The Morgan fingerprint density at radius 1 is 1.28 bits per heavy atom. The average molecular weight is 390 g/mol. The number of rotatable bonds is 5. The number of hydrogen-bond acceptors (Lipinski definition) is 7. The highest BCUT2D eigenvalue weighted by Crippen LogP contribution is 2.24. The second-order valence-electron chi connectivity index (χ2n) is 6.96. The number of para-hydroxylation sites is 1. The molecule has 0 saturated carbocycles. The van der Waals surface area contributed by atoms with Gasteiger partial charge in [-0.3, -0.25) is 14.9 Å². The Morgan fingerprint density at radius 3 is 3.10 bits per heavy atom. The molecule has 146 valence electrons. The first-order valence-corrected chi connectivity index (χ1v) is 9.27. The molecule has 1 aliphatic heterocycles. The van der Waals surface area contributed by atoms with Crippen LogP contribution in [0.15, 0.2) is 49.1 Å². The van der Waals surface area contributed by atoms with E-state index in [4.69, 9.17) is 4.74 Å². The molecule has 4 heterocycles. The largest absolute Gasteiger partial charge is 0.379 e. The van der Waals surface area contributed by atoms with Gasteiger partial charge in [0.2, 0.25) is 0 Å². The van der Waals surface area contributed by atoms with E-state index in [1.807, 2.05) is 30.5 Å². The molecule has 3 aromatic heterocycles. The quantitative estimate of drug-likeness (QED) is 0.519. The van der Waals surface area contributed by atoms with Crippen molar-refractivity contribution in [1.82, 2.24) is 40.7 Å². The van der Waals surface area contributed by atoms with Crippen molar-refractivity contribution in [3.63, 3.8) is 0 Å². The first-order valence-electron chi connectivity index (χ1n) is 9.27. The van der Waals surface area contributed by atoms with E-state index >= 15 is 0 Å². The lowest BCUT2D eigenvalue weighted by Gasteiger charge is -2.19. The van der Waals surface area contributed by atoms with Crippen molar-refractivity contribution >= 4 is 16.8 Å². The Kier molecular flexibility index (Phi) is 4.45. The van der Waals surface area contributed by atoms with Gasteiger partial charge in [-0.1, -0.05) is 18.2 Å². The number of H-pyrrole nitrogens is 1. The number of pyridine rings is 1. The van der Waals surface area contributed by atoms with E-state index in [2.05, 4.69) is 42.1 Å². The number of benzene rings is 1. The van der Waals surface area contributed by atoms with Gasteiger partial charge in [-0.25, -0.2) is 0 Å². The summed E-state index contributed by atoms with van der Waals surface area (Å²) in [6.45, 7) is 1.06. The molecule has 1 fully saturated rings. The lowest BCUT2D eigenvalue weighted by Crippen LogP contribution is -2.40. The molecule has 0 spiro atoms. The van der Waals surface area contributed by atoms with Crippen LogP contribution in [0.4, 0.5) is 0 Å². The van der Waals surface area contributed by atoms with Gasteiger partial charge < -0.3 is 10.1 Å². The van der Waals surface area contributed by atoms with Crippen LogP contribution < -0.4 is 5.32 Å². The molecule has 1 aromatic carbocycles. The Morgan fingerprint density at radius 2 is 2.21 bits per heavy atom. The van der Waals surface area contributed by atoms with Crippen LogP contribution >= 0.6 is 0 Å². The summed E-state index contributed by atoms with van der Waals surface area (Å²) in [4.78, 5) is 17.3. The minimum atomic E-state index is -0.246. The van der Waals surface area contributed by atoms with Gasteiger partial charge in [0.05, 0.1) is 31.0 Å². The van der Waals surface area contributed by atoms with Crippen LogP contribution in [0.5, 0.6) is 0 Å². The Hall–Kier alpha value is -3.66. The van der Waals surface area contributed by atoms with Crippen LogP contribution in [0.25, 0.3) is 16.7 Å². The Labute approximate surface area is 165 Å². The van der Waals surface area contributed by atoms with Crippen LogP contribution in [0.3, 0.4) is 0 Å². The number of carbonyl (C=O) groups excluding carboxylic acids is 1.